The van der Waals surface area contributed by atoms with Crippen molar-refractivity contribution in [2.75, 3.05) is 14.1 Å². The molecule has 0 aliphatic carbocycles. The second-order valence-electron chi connectivity index (χ2n) is 12.9. The minimum Gasteiger partial charge on any atom is -0.462 e. The Morgan fingerprint density at radius 2 is 1.76 bits per heavy atom. The number of aldehydes is 1. The maximum Gasteiger partial charge on any atom is 0.308 e. The van der Waals surface area contributed by atoms with Crippen LogP contribution in [-0.2, 0) is 33.3 Å². The third kappa shape index (κ3) is 7.85. The number of aliphatic hydroxyl groups excluding tert-OH is 3. The topological polar surface area (TPSA) is 155 Å². The maximum atomic E-state index is 13.2. The van der Waals surface area contributed by atoms with E-state index in [4.69, 9.17) is 18.9 Å². The molecule has 0 aromatic heterocycles. The Labute approximate surface area is 249 Å². The van der Waals surface area contributed by atoms with Crippen LogP contribution in [-0.4, -0.2) is 113 Å². The molecule has 2 saturated heterocycles. The Bertz CT molecular complexity index is 973. The molecule has 0 amide bonds. The highest BCUT2D eigenvalue weighted by atomic mass is 16.7. The molecule has 11 heteroatoms. The molecule has 11 nitrogen and oxygen atoms in total. The molecule has 3 aliphatic heterocycles. The Hall–Kier alpha value is -1.73. The van der Waals surface area contributed by atoms with Crippen molar-refractivity contribution >= 4 is 18.0 Å². The molecule has 240 valence electrons. The Kier molecular flexibility index (Phi) is 11.9. The monoisotopic (exact) mass is 597 g/mol. The molecule has 0 aromatic carbocycles. The molecule has 3 aliphatic rings. The lowest BCUT2D eigenvalue weighted by molar-refractivity contribution is -0.304. The van der Waals surface area contributed by atoms with Gasteiger partial charge >= 0.3 is 5.97 Å². The minimum atomic E-state index is -1.25. The summed E-state index contributed by atoms with van der Waals surface area (Å²) in [5.74, 6) is -2.59. The molecule has 3 heterocycles. The van der Waals surface area contributed by atoms with Gasteiger partial charge in [0.25, 0.3) is 0 Å². The zero-order valence-electron chi connectivity index (χ0n) is 26.2. The summed E-state index contributed by atoms with van der Waals surface area (Å²) in [6, 6.07) is -0.696. The first-order valence-electron chi connectivity index (χ1n) is 15.2. The van der Waals surface area contributed by atoms with Crippen LogP contribution in [0.4, 0.5) is 0 Å². The molecule has 0 bridgehead atoms. The van der Waals surface area contributed by atoms with Crippen LogP contribution in [0.3, 0.4) is 0 Å². The van der Waals surface area contributed by atoms with Crippen LogP contribution in [0.5, 0.6) is 0 Å². The number of allylic oxidation sites excluding steroid dienone is 1. The largest absolute Gasteiger partial charge is 0.462 e. The number of esters is 1. The number of ketones is 1. The van der Waals surface area contributed by atoms with Crippen LogP contribution in [0.25, 0.3) is 0 Å². The average molecular weight is 598 g/mol. The number of hydrogen-bond acceptors (Lipinski definition) is 11. The van der Waals surface area contributed by atoms with E-state index in [2.05, 4.69) is 0 Å². The van der Waals surface area contributed by atoms with Gasteiger partial charge in [-0.2, -0.15) is 0 Å². The van der Waals surface area contributed by atoms with Crippen molar-refractivity contribution in [3.8, 4) is 0 Å². The summed E-state index contributed by atoms with van der Waals surface area (Å²) in [5, 5.41) is 33.1. The number of fused-ring (bicyclic) bond motifs is 1. The minimum absolute atomic E-state index is 0.0178. The van der Waals surface area contributed by atoms with Crippen molar-refractivity contribution in [1.29, 1.82) is 0 Å². The second kappa shape index (κ2) is 14.4. The van der Waals surface area contributed by atoms with Crippen molar-refractivity contribution in [2.45, 2.75) is 128 Å². The van der Waals surface area contributed by atoms with Crippen molar-refractivity contribution in [2.24, 2.45) is 23.7 Å². The normalized spacial score (nSPS) is 46.5. The van der Waals surface area contributed by atoms with E-state index >= 15 is 0 Å². The van der Waals surface area contributed by atoms with Crippen LogP contribution in [0.2, 0.25) is 0 Å². The van der Waals surface area contributed by atoms with Gasteiger partial charge in [-0.25, -0.2) is 0 Å². The van der Waals surface area contributed by atoms with Crippen LogP contribution in [0.15, 0.2) is 12.2 Å². The molecule has 0 aromatic rings. The van der Waals surface area contributed by atoms with Gasteiger partial charge in [0, 0.05) is 24.2 Å². The van der Waals surface area contributed by atoms with E-state index in [0.29, 0.717) is 6.42 Å². The summed E-state index contributed by atoms with van der Waals surface area (Å²) in [5.41, 5.74) is -0.660. The van der Waals surface area contributed by atoms with Gasteiger partial charge in [-0.05, 0) is 58.9 Å². The summed E-state index contributed by atoms with van der Waals surface area (Å²) in [4.78, 5) is 39.8. The van der Waals surface area contributed by atoms with Gasteiger partial charge in [0.15, 0.2) is 12.1 Å². The first-order valence-corrected chi connectivity index (χ1v) is 15.2. The fourth-order valence-corrected chi connectivity index (χ4v) is 6.58. The molecule has 14 atom stereocenters. The van der Waals surface area contributed by atoms with Crippen molar-refractivity contribution in [1.82, 2.24) is 4.90 Å². The van der Waals surface area contributed by atoms with Crippen LogP contribution in [0.1, 0.15) is 67.2 Å². The Morgan fingerprint density at radius 1 is 1.10 bits per heavy atom. The standard InChI is InChI=1S/C31H51NO10/c1-9-23-18(4)29-31(6,42-29)12-10-21(34)16(2)14-20(11-13-33)28(17(3)22(35)15-24(36)40-23)41-30-27(38)25(32(7)8)26(37)19(5)39-30/h10,12-13,16-20,22-23,25-30,35,37-38H,9,11,14-15H2,1-8H3/b12-10+/t16-,17-,18+,19-,20+,22+,23+,25+,26-,27-,28-,29-,30+,31-/m0/s1. The highest BCUT2D eigenvalue weighted by Crippen LogP contribution is 2.45. The average Bonchev–Trinajstić information content (AvgIpc) is 3.61. The van der Waals surface area contributed by atoms with E-state index in [1.807, 2.05) is 20.8 Å². The zero-order valence-corrected chi connectivity index (χ0v) is 26.2. The van der Waals surface area contributed by atoms with Crippen molar-refractivity contribution in [3.05, 3.63) is 12.2 Å². The highest BCUT2D eigenvalue weighted by molar-refractivity contribution is 5.91. The molecule has 3 N–H and O–H groups in total. The van der Waals surface area contributed by atoms with Crippen molar-refractivity contribution in [3.63, 3.8) is 0 Å². The van der Waals surface area contributed by atoms with Crippen LogP contribution >= 0.6 is 0 Å². The number of carbonyl (C=O) groups excluding carboxylic acids is 3. The van der Waals surface area contributed by atoms with Gasteiger partial charge in [0.05, 0.1) is 43.0 Å². The lowest BCUT2D eigenvalue weighted by atomic mass is 9.79. The smallest absolute Gasteiger partial charge is 0.308 e. The van der Waals surface area contributed by atoms with Gasteiger partial charge in [-0.3, -0.25) is 9.59 Å². The van der Waals surface area contributed by atoms with Gasteiger partial charge in [0.2, 0.25) is 0 Å². The first kappa shape index (κ1) is 34.8. The molecule has 3 rings (SSSR count). The third-order valence-electron chi connectivity index (χ3n) is 9.42. The zero-order chi connectivity index (χ0) is 31.5. The number of ether oxygens (including phenoxy) is 4. The molecule has 0 unspecified atom stereocenters. The summed E-state index contributed by atoms with van der Waals surface area (Å²) in [6.45, 7) is 10.9. The summed E-state index contributed by atoms with van der Waals surface area (Å²) < 4.78 is 24.0. The van der Waals surface area contributed by atoms with E-state index in [1.165, 1.54) is 6.08 Å². The highest BCUT2D eigenvalue weighted by Gasteiger charge is 2.55. The first-order chi connectivity index (χ1) is 19.6. The van der Waals surface area contributed by atoms with E-state index in [9.17, 15) is 29.7 Å². The Balaban J connectivity index is 1.97. The molecule has 2 fully saturated rings. The predicted octanol–water partition coefficient (Wildman–Crippen LogP) is 1.64. The summed E-state index contributed by atoms with van der Waals surface area (Å²) in [7, 11) is 3.46. The van der Waals surface area contributed by atoms with Crippen LogP contribution < -0.4 is 0 Å². The third-order valence-corrected chi connectivity index (χ3v) is 9.42. The molecular formula is C31H51NO10. The summed E-state index contributed by atoms with van der Waals surface area (Å²) >= 11 is 0. The number of epoxide rings is 1. The van der Waals surface area contributed by atoms with E-state index in [0.717, 1.165) is 6.29 Å². The van der Waals surface area contributed by atoms with E-state index in [1.54, 1.807) is 45.8 Å². The van der Waals surface area contributed by atoms with Crippen LogP contribution in [0, 0.1) is 23.7 Å². The number of hydrogen-bond donors (Lipinski definition) is 3. The lowest BCUT2D eigenvalue weighted by Crippen LogP contribution is -2.63. The van der Waals surface area contributed by atoms with Gasteiger partial charge in [0.1, 0.15) is 24.1 Å². The van der Waals surface area contributed by atoms with Gasteiger partial charge in [-0.1, -0.05) is 27.7 Å². The number of nitrogens with zero attached hydrogens (tertiary/aromatic N) is 1. The number of carbonyl (C=O) groups is 3. The molecule has 0 radical (unpaired) electrons. The lowest BCUT2D eigenvalue weighted by Gasteiger charge is -2.46. The number of aliphatic hydroxyl groups is 3. The second-order valence-corrected chi connectivity index (χ2v) is 12.9. The SMILES string of the molecule is CC[C@H]1OC(=O)C[C@@H](O)[C@H](C)[C@H](O[C@H]2O[C@@H](C)[C@H](O)[C@@H](N(C)C)[C@@H]2O)[C@H](CC=O)C[C@H](C)C(=O)/C=C/[C@]2(C)O[C@H]2[C@@H]1C. The molecule has 0 saturated carbocycles. The number of cyclic esters (lactones) is 1. The van der Waals surface area contributed by atoms with Gasteiger partial charge < -0.3 is 44.0 Å². The quantitative estimate of drug-likeness (QED) is 0.232. The fraction of sp³-hybridized carbons (Fsp3) is 0.839. The number of rotatable bonds is 6. The van der Waals surface area contributed by atoms with Gasteiger partial charge in [-0.15, -0.1) is 0 Å². The number of likely N-dealkylation sites (N-methyl/N-ethyl adjacent to an activating group) is 1. The molecular weight excluding hydrogens is 546 g/mol. The Morgan fingerprint density at radius 3 is 2.36 bits per heavy atom. The predicted molar refractivity (Wildman–Crippen MR) is 153 cm³/mol. The summed E-state index contributed by atoms with van der Waals surface area (Å²) in [6.07, 6.45) is -2.34. The fourth-order valence-electron chi connectivity index (χ4n) is 6.58. The molecule has 42 heavy (non-hydrogen) atoms. The van der Waals surface area contributed by atoms with E-state index in [-0.39, 0.29) is 37.1 Å². The maximum absolute atomic E-state index is 13.2. The molecule has 0 spiro atoms. The van der Waals surface area contributed by atoms with Crippen molar-refractivity contribution < 1.29 is 48.7 Å². The van der Waals surface area contributed by atoms with E-state index < -0.39 is 78.3 Å².